The molecule has 0 spiro atoms. The minimum absolute atomic E-state index is 0.0413. The van der Waals surface area contributed by atoms with Crippen molar-refractivity contribution in [2.45, 2.75) is 38.5 Å². The van der Waals surface area contributed by atoms with Gasteiger partial charge in [-0.3, -0.25) is 9.59 Å². The van der Waals surface area contributed by atoms with Crippen molar-refractivity contribution in [2.75, 3.05) is 0 Å². The van der Waals surface area contributed by atoms with E-state index in [1.54, 1.807) is 0 Å². The first-order valence-electron chi connectivity index (χ1n) is 7.54. The van der Waals surface area contributed by atoms with E-state index in [4.69, 9.17) is 14.9 Å². The average Bonchev–Trinajstić information content (AvgIpc) is 2.54. The Kier molecular flexibility index (Phi) is 5.31. The minimum Gasteiger partial charge on any atom is -0.481 e. The summed E-state index contributed by atoms with van der Waals surface area (Å²) in [7, 11) is 0. The van der Waals surface area contributed by atoms with Crippen molar-refractivity contribution in [2.24, 2.45) is 11.8 Å². The highest BCUT2D eigenvalue weighted by molar-refractivity contribution is 6.06. The van der Waals surface area contributed by atoms with E-state index in [2.05, 4.69) is 0 Å². The number of carboxylic acids is 2. The van der Waals surface area contributed by atoms with Crippen LogP contribution in [0.15, 0.2) is 23.3 Å². The lowest BCUT2D eigenvalue weighted by Gasteiger charge is -2.21. The van der Waals surface area contributed by atoms with Crippen LogP contribution in [0.3, 0.4) is 0 Å². The number of hydrogen-bond donors (Lipinski definition) is 2. The van der Waals surface area contributed by atoms with Crippen LogP contribution in [0, 0.1) is 11.8 Å². The van der Waals surface area contributed by atoms with Gasteiger partial charge in [-0.15, -0.1) is 0 Å². The molecule has 2 unspecified atom stereocenters. The molecule has 0 radical (unpaired) electrons. The van der Waals surface area contributed by atoms with Gasteiger partial charge in [0.1, 0.15) is 0 Å². The van der Waals surface area contributed by atoms with Crippen LogP contribution in [0.5, 0.6) is 0 Å². The molecular weight excluding hydrogens is 304 g/mol. The van der Waals surface area contributed by atoms with Crippen molar-refractivity contribution in [1.82, 2.24) is 0 Å². The Labute approximate surface area is 132 Å². The lowest BCUT2D eigenvalue weighted by molar-refractivity contribution is -0.158. The van der Waals surface area contributed by atoms with Crippen LogP contribution in [0.4, 0.5) is 0 Å². The van der Waals surface area contributed by atoms with Gasteiger partial charge in [-0.25, -0.2) is 9.59 Å². The third kappa shape index (κ3) is 3.85. The van der Waals surface area contributed by atoms with Crippen molar-refractivity contribution >= 4 is 23.9 Å². The topological polar surface area (TPSA) is 118 Å². The summed E-state index contributed by atoms with van der Waals surface area (Å²) in [5.41, 5.74) is -0.0826. The molecule has 7 nitrogen and oxygen atoms in total. The molecule has 2 aliphatic carbocycles. The van der Waals surface area contributed by atoms with Gasteiger partial charge in [0.2, 0.25) is 0 Å². The smallest absolute Gasteiger partial charge is 0.342 e. The third-order valence-electron chi connectivity index (χ3n) is 4.13. The second-order valence-electron chi connectivity index (χ2n) is 5.64. The minimum atomic E-state index is -1.14. The molecule has 0 heterocycles. The number of hydrogen-bond acceptors (Lipinski definition) is 5. The highest BCUT2D eigenvalue weighted by atomic mass is 16.6. The van der Waals surface area contributed by atoms with E-state index in [-0.39, 0.29) is 11.1 Å². The number of carbonyl (C=O) groups is 4. The third-order valence-corrected chi connectivity index (χ3v) is 4.13. The van der Waals surface area contributed by atoms with Crippen molar-refractivity contribution in [3.63, 3.8) is 0 Å². The number of allylic oxidation sites excluding steroid dienone is 2. The fraction of sp³-hybridized carbons (Fsp3) is 0.500. The Balaban J connectivity index is 2.11. The molecule has 0 aromatic rings. The van der Waals surface area contributed by atoms with Crippen LogP contribution in [0.1, 0.15) is 38.5 Å². The van der Waals surface area contributed by atoms with Gasteiger partial charge in [0, 0.05) is 11.1 Å². The standard InChI is InChI=1S/C16H18O7/c17-13(18)9-5-1-3-7-11(9)15(21)23-16(22)12-8-4-2-6-10(12)14(19)20/h7-10H,1-6H2,(H,17,18)(H,19,20). The zero-order valence-electron chi connectivity index (χ0n) is 12.5. The van der Waals surface area contributed by atoms with E-state index in [9.17, 15) is 19.2 Å². The number of ether oxygens (including phenoxy) is 1. The van der Waals surface area contributed by atoms with Crippen LogP contribution >= 0.6 is 0 Å². The summed E-state index contributed by atoms with van der Waals surface area (Å²) < 4.78 is 4.75. The predicted molar refractivity (Wildman–Crippen MR) is 77.2 cm³/mol. The molecule has 0 saturated carbocycles. The normalized spacial score (nSPS) is 24.2. The first-order valence-corrected chi connectivity index (χ1v) is 7.54. The number of esters is 2. The van der Waals surface area contributed by atoms with E-state index in [1.165, 1.54) is 12.2 Å². The van der Waals surface area contributed by atoms with Gasteiger partial charge in [-0.2, -0.15) is 0 Å². The van der Waals surface area contributed by atoms with E-state index < -0.39 is 35.7 Å². The Morgan fingerprint density at radius 3 is 1.57 bits per heavy atom. The number of aliphatic carboxylic acids is 2. The maximum absolute atomic E-state index is 12.1. The number of carbonyl (C=O) groups excluding carboxylic acids is 2. The van der Waals surface area contributed by atoms with Gasteiger partial charge in [0.05, 0.1) is 11.8 Å². The van der Waals surface area contributed by atoms with Crippen molar-refractivity contribution in [3.05, 3.63) is 23.3 Å². The van der Waals surface area contributed by atoms with Gasteiger partial charge in [0.15, 0.2) is 0 Å². The van der Waals surface area contributed by atoms with Crippen molar-refractivity contribution in [3.8, 4) is 0 Å². The highest BCUT2D eigenvalue weighted by Crippen LogP contribution is 2.29. The van der Waals surface area contributed by atoms with Crippen molar-refractivity contribution in [1.29, 1.82) is 0 Å². The van der Waals surface area contributed by atoms with E-state index in [1.807, 2.05) is 0 Å². The molecule has 0 aromatic carbocycles. The SMILES string of the molecule is O=C(OC(=O)C1=CCCCC1C(=O)O)C1=CCCCC1C(=O)O. The van der Waals surface area contributed by atoms with Crippen LogP contribution < -0.4 is 0 Å². The van der Waals surface area contributed by atoms with E-state index in [0.717, 1.165) is 0 Å². The quantitative estimate of drug-likeness (QED) is 0.597. The number of rotatable bonds is 4. The molecule has 23 heavy (non-hydrogen) atoms. The second-order valence-corrected chi connectivity index (χ2v) is 5.64. The summed E-state index contributed by atoms with van der Waals surface area (Å²) >= 11 is 0. The summed E-state index contributed by atoms with van der Waals surface area (Å²) in [6.45, 7) is 0. The zero-order chi connectivity index (χ0) is 17.0. The summed E-state index contributed by atoms with van der Waals surface area (Å²) in [6.07, 6.45) is 5.95. The first-order chi connectivity index (χ1) is 10.9. The van der Waals surface area contributed by atoms with Gasteiger partial charge in [-0.1, -0.05) is 12.2 Å². The maximum Gasteiger partial charge on any atom is 0.342 e. The first kappa shape index (κ1) is 16.9. The highest BCUT2D eigenvalue weighted by Gasteiger charge is 2.35. The molecule has 124 valence electrons. The monoisotopic (exact) mass is 322 g/mol. The molecule has 2 rings (SSSR count). The van der Waals surface area contributed by atoms with Crippen LogP contribution in [-0.4, -0.2) is 34.1 Å². The lowest BCUT2D eigenvalue weighted by atomic mass is 9.87. The predicted octanol–water partition coefficient (Wildman–Crippen LogP) is 1.68. The van der Waals surface area contributed by atoms with Crippen molar-refractivity contribution < 1.29 is 34.1 Å². The number of carboxylic acid groups (broad SMARTS) is 2. The molecule has 0 fully saturated rings. The van der Waals surface area contributed by atoms with Gasteiger partial charge in [0.25, 0.3) is 0 Å². The molecule has 7 heteroatoms. The van der Waals surface area contributed by atoms with Gasteiger partial charge < -0.3 is 14.9 Å². The van der Waals surface area contributed by atoms with Crippen LogP contribution in [0.25, 0.3) is 0 Å². The Morgan fingerprint density at radius 2 is 1.22 bits per heavy atom. The molecule has 0 aliphatic heterocycles. The Bertz CT molecular complexity index is 548. The second kappa shape index (κ2) is 7.21. The molecule has 2 N–H and O–H groups in total. The molecule has 2 atom stereocenters. The summed E-state index contributed by atoms with van der Waals surface area (Å²) in [6, 6.07) is 0. The molecule has 0 bridgehead atoms. The van der Waals surface area contributed by atoms with E-state index >= 15 is 0 Å². The van der Waals surface area contributed by atoms with Gasteiger partial charge >= 0.3 is 23.9 Å². The summed E-state index contributed by atoms with van der Waals surface area (Å²) in [5, 5.41) is 18.3. The van der Waals surface area contributed by atoms with E-state index in [0.29, 0.717) is 38.5 Å². The zero-order valence-corrected chi connectivity index (χ0v) is 12.5. The van der Waals surface area contributed by atoms with Crippen LogP contribution in [-0.2, 0) is 23.9 Å². The van der Waals surface area contributed by atoms with Crippen LogP contribution in [0.2, 0.25) is 0 Å². The molecule has 0 amide bonds. The Hall–Kier alpha value is -2.44. The lowest BCUT2D eigenvalue weighted by Crippen LogP contribution is -2.30. The fourth-order valence-corrected chi connectivity index (χ4v) is 2.92. The molecule has 0 aromatic heterocycles. The summed E-state index contributed by atoms with van der Waals surface area (Å²) in [5.74, 6) is -6.25. The van der Waals surface area contributed by atoms with Gasteiger partial charge in [-0.05, 0) is 38.5 Å². The maximum atomic E-state index is 12.1. The fourth-order valence-electron chi connectivity index (χ4n) is 2.92. The Morgan fingerprint density at radius 1 is 0.826 bits per heavy atom. The largest absolute Gasteiger partial charge is 0.481 e. The molecule has 0 saturated heterocycles. The average molecular weight is 322 g/mol. The molecular formula is C16H18O7. The summed E-state index contributed by atoms with van der Waals surface area (Å²) in [4.78, 5) is 46.5. The molecule has 2 aliphatic rings.